The van der Waals surface area contributed by atoms with E-state index in [4.69, 9.17) is 5.14 Å². The number of nitrogens with zero attached hydrogens (tertiary/aromatic N) is 3. The molecule has 11 nitrogen and oxygen atoms in total. The minimum Gasteiger partial charge on any atom is -0.477 e. The SMILES string of the molecule is C[C@@H](O)[C@H]1C(=O)N2C(C(=O)O)=C(Cn3c[n+]4ccsc4c3CNS(N)(=O)=O)[C@H](C)[C@H]12. The smallest absolute Gasteiger partial charge is 0.352 e. The van der Waals surface area contributed by atoms with Crippen LogP contribution in [0.4, 0.5) is 0 Å². The molecule has 1 saturated heterocycles. The van der Waals surface area contributed by atoms with Crippen molar-refractivity contribution in [1.82, 2.24) is 14.2 Å². The molecule has 162 valence electrons. The van der Waals surface area contributed by atoms with Crippen LogP contribution in [0.3, 0.4) is 0 Å². The lowest BCUT2D eigenvalue weighted by atomic mass is 9.78. The number of carbonyl (C=O) groups excluding carboxylic acids is 1. The number of aromatic nitrogens is 2. The first-order valence-electron chi connectivity index (χ1n) is 9.22. The van der Waals surface area contributed by atoms with Crippen LogP contribution in [0, 0.1) is 11.8 Å². The van der Waals surface area contributed by atoms with Crippen LogP contribution in [-0.2, 0) is 32.9 Å². The molecule has 0 saturated carbocycles. The molecule has 30 heavy (non-hydrogen) atoms. The fraction of sp³-hybridized carbons (Fsp3) is 0.471. The van der Waals surface area contributed by atoms with Crippen molar-refractivity contribution in [3.05, 3.63) is 34.9 Å². The zero-order valence-corrected chi connectivity index (χ0v) is 17.9. The van der Waals surface area contributed by atoms with E-state index in [0.717, 1.165) is 4.83 Å². The van der Waals surface area contributed by atoms with Crippen molar-refractivity contribution in [1.29, 1.82) is 0 Å². The van der Waals surface area contributed by atoms with Gasteiger partial charge in [-0.25, -0.2) is 14.5 Å². The van der Waals surface area contributed by atoms with Crippen LogP contribution in [0.5, 0.6) is 0 Å². The third-order valence-corrected chi connectivity index (χ3v) is 7.27. The summed E-state index contributed by atoms with van der Waals surface area (Å²) < 4.78 is 28.6. The third-order valence-electron chi connectivity index (χ3n) is 5.79. The quantitative estimate of drug-likeness (QED) is 0.302. The fourth-order valence-electron chi connectivity index (χ4n) is 4.46. The summed E-state index contributed by atoms with van der Waals surface area (Å²) in [6.07, 6.45) is 2.67. The molecule has 4 heterocycles. The number of aliphatic carboxylic acids is 1. The number of amides is 1. The third kappa shape index (κ3) is 3.22. The minimum absolute atomic E-state index is 0.0672. The number of hydrogen-bond donors (Lipinski definition) is 4. The molecule has 2 aromatic heterocycles. The molecular weight excluding hydrogens is 434 g/mol. The molecule has 2 aliphatic heterocycles. The van der Waals surface area contributed by atoms with Crippen molar-refractivity contribution in [2.45, 2.75) is 39.1 Å². The van der Waals surface area contributed by atoms with Crippen molar-refractivity contribution >= 4 is 38.3 Å². The average Bonchev–Trinajstić information content (AvgIpc) is 3.25. The van der Waals surface area contributed by atoms with Gasteiger partial charge in [0.15, 0.2) is 5.69 Å². The Balaban J connectivity index is 1.73. The number of aliphatic hydroxyl groups excluding tert-OH is 1. The zero-order valence-electron chi connectivity index (χ0n) is 16.2. The Morgan fingerprint density at radius 1 is 1.47 bits per heavy atom. The van der Waals surface area contributed by atoms with E-state index in [-0.39, 0.29) is 24.7 Å². The maximum atomic E-state index is 12.5. The number of nitrogens with one attached hydrogen (secondary N) is 1. The van der Waals surface area contributed by atoms with Gasteiger partial charge in [0.05, 0.1) is 24.6 Å². The number of fused-ring (bicyclic) bond motifs is 2. The molecule has 4 atom stereocenters. The van der Waals surface area contributed by atoms with Crippen LogP contribution in [-0.4, -0.2) is 52.1 Å². The first kappa shape index (κ1) is 20.9. The highest BCUT2D eigenvalue weighted by Crippen LogP contribution is 2.47. The van der Waals surface area contributed by atoms with Gasteiger partial charge in [0.1, 0.15) is 18.4 Å². The van der Waals surface area contributed by atoms with Crippen molar-refractivity contribution in [2.24, 2.45) is 17.0 Å². The Labute approximate surface area is 176 Å². The Hall–Kier alpha value is -2.32. The number of nitrogens with two attached hydrogens (primary N) is 1. The second kappa shape index (κ2) is 7.13. The molecule has 4 rings (SSSR count). The van der Waals surface area contributed by atoms with Gasteiger partial charge in [-0.05, 0) is 6.92 Å². The predicted octanol–water partition coefficient (Wildman–Crippen LogP) is -1.22. The van der Waals surface area contributed by atoms with Gasteiger partial charge in [0.2, 0.25) is 17.1 Å². The topological polar surface area (TPSA) is 159 Å². The lowest BCUT2D eigenvalue weighted by Crippen LogP contribution is -2.63. The van der Waals surface area contributed by atoms with Crippen molar-refractivity contribution in [3.8, 4) is 0 Å². The van der Waals surface area contributed by atoms with E-state index in [9.17, 15) is 28.2 Å². The Morgan fingerprint density at radius 3 is 2.77 bits per heavy atom. The van der Waals surface area contributed by atoms with Crippen LogP contribution in [0.1, 0.15) is 19.5 Å². The summed E-state index contributed by atoms with van der Waals surface area (Å²) in [4.78, 5) is 26.5. The van der Waals surface area contributed by atoms with Crippen molar-refractivity contribution < 1.29 is 32.6 Å². The van der Waals surface area contributed by atoms with Gasteiger partial charge < -0.3 is 15.1 Å². The van der Waals surface area contributed by atoms with Gasteiger partial charge in [0.25, 0.3) is 10.2 Å². The largest absolute Gasteiger partial charge is 0.477 e. The molecule has 2 aromatic rings. The molecule has 1 amide bonds. The maximum Gasteiger partial charge on any atom is 0.352 e. The maximum absolute atomic E-state index is 12.5. The van der Waals surface area contributed by atoms with Crippen LogP contribution < -0.4 is 14.3 Å². The zero-order chi connectivity index (χ0) is 22.0. The molecule has 13 heteroatoms. The molecule has 0 unspecified atom stereocenters. The molecule has 0 spiro atoms. The molecule has 0 aromatic carbocycles. The molecule has 0 bridgehead atoms. The molecule has 1 fully saturated rings. The van der Waals surface area contributed by atoms with E-state index in [1.165, 1.54) is 23.2 Å². The van der Waals surface area contributed by atoms with E-state index < -0.39 is 40.1 Å². The Morgan fingerprint density at radius 2 is 2.17 bits per heavy atom. The number of hydrogen-bond acceptors (Lipinski definition) is 6. The summed E-state index contributed by atoms with van der Waals surface area (Å²) in [6.45, 7) is 3.46. The van der Waals surface area contributed by atoms with Gasteiger partial charge in [-0.15, -0.1) is 0 Å². The van der Waals surface area contributed by atoms with Crippen LogP contribution in [0.25, 0.3) is 4.83 Å². The minimum atomic E-state index is -3.92. The Kier molecular flexibility index (Phi) is 4.97. The molecular formula is C17H22N5O6S2+. The number of carboxylic acid groups (broad SMARTS) is 1. The Bertz CT molecular complexity index is 1180. The van der Waals surface area contributed by atoms with Gasteiger partial charge in [0, 0.05) is 16.9 Å². The normalized spacial score (nSPS) is 25.0. The van der Waals surface area contributed by atoms with Gasteiger partial charge >= 0.3 is 5.97 Å². The van der Waals surface area contributed by atoms with E-state index in [2.05, 4.69) is 4.72 Å². The van der Waals surface area contributed by atoms with Crippen molar-refractivity contribution in [2.75, 3.05) is 0 Å². The highest BCUT2D eigenvalue weighted by atomic mass is 32.2. The molecule has 0 radical (unpaired) electrons. The number of carbonyl (C=O) groups is 2. The highest BCUT2D eigenvalue weighted by molar-refractivity contribution is 7.87. The number of thiazole rings is 1. The van der Waals surface area contributed by atoms with Crippen LogP contribution in [0.15, 0.2) is 29.2 Å². The molecule has 5 N–H and O–H groups in total. The predicted molar refractivity (Wildman–Crippen MR) is 105 cm³/mol. The van der Waals surface area contributed by atoms with E-state index in [1.54, 1.807) is 10.9 Å². The van der Waals surface area contributed by atoms with Crippen molar-refractivity contribution in [3.63, 3.8) is 0 Å². The first-order valence-corrected chi connectivity index (χ1v) is 11.6. The summed E-state index contributed by atoms with van der Waals surface area (Å²) >= 11 is 1.41. The van der Waals surface area contributed by atoms with Gasteiger partial charge in [-0.2, -0.15) is 17.5 Å². The number of rotatable bonds is 7. The van der Waals surface area contributed by atoms with Gasteiger partial charge in [-0.1, -0.05) is 18.3 Å². The standard InChI is InChI=1S/C17H21N5O6S2/c1-8-10(14(17(25)26)22-13(8)12(9(2)23)15(22)24)6-21-7-20-3-4-29-16(20)11(21)5-19-30(18,27)28/h3-4,7-9,12-13,19,23H,5-6H2,1-2H3,(H2-,18,25,26,27,28)/p+1/t8-,9+,12+,13+/m0/s1. The molecule has 0 aliphatic carbocycles. The number of carboxylic acids is 1. The van der Waals surface area contributed by atoms with E-state index in [1.807, 2.05) is 22.9 Å². The monoisotopic (exact) mass is 456 g/mol. The highest BCUT2D eigenvalue weighted by Gasteiger charge is 2.60. The summed E-state index contributed by atoms with van der Waals surface area (Å²) in [6, 6.07) is -0.408. The number of imidazole rings is 1. The van der Waals surface area contributed by atoms with Crippen LogP contribution in [0.2, 0.25) is 0 Å². The summed E-state index contributed by atoms with van der Waals surface area (Å²) in [5.41, 5.74) is 1.10. The summed E-state index contributed by atoms with van der Waals surface area (Å²) in [5, 5.41) is 26.7. The number of β-lactam (4-membered cyclic amide) rings is 1. The van der Waals surface area contributed by atoms with E-state index in [0.29, 0.717) is 11.3 Å². The van der Waals surface area contributed by atoms with E-state index >= 15 is 0 Å². The second-order valence-electron chi connectivity index (χ2n) is 7.60. The summed E-state index contributed by atoms with van der Waals surface area (Å²) in [7, 11) is -3.92. The van der Waals surface area contributed by atoms with Gasteiger partial charge in [-0.3, -0.25) is 4.79 Å². The molecule has 2 aliphatic rings. The second-order valence-corrected chi connectivity index (χ2v) is 9.88. The average molecular weight is 457 g/mol. The first-order chi connectivity index (χ1) is 14.0. The van der Waals surface area contributed by atoms with Crippen LogP contribution >= 0.6 is 11.3 Å². The lowest BCUT2D eigenvalue weighted by Gasteiger charge is -2.46. The fourth-order valence-corrected chi connectivity index (χ4v) is 5.67. The number of aliphatic hydroxyl groups is 1. The summed E-state index contributed by atoms with van der Waals surface area (Å²) in [5.74, 6) is -2.52. The lowest BCUT2D eigenvalue weighted by molar-refractivity contribution is -0.508.